The van der Waals surface area contributed by atoms with Crippen LogP contribution < -0.4 is 5.32 Å². The van der Waals surface area contributed by atoms with Crippen molar-refractivity contribution >= 4 is 21.9 Å². The molecule has 0 spiro atoms. The lowest BCUT2D eigenvalue weighted by atomic mass is 10.1. The number of rotatable bonds is 5. The van der Waals surface area contributed by atoms with Gasteiger partial charge in [-0.15, -0.1) is 0 Å². The summed E-state index contributed by atoms with van der Waals surface area (Å²) in [4.78, 5) is 10.7. The largest absolute Gasteiger partial charge is 0.478 e. The van der Waals surface area contributed by atoms with Gasteiger partial charge in [0.05, 0.1) is 5.56 Å². The van der Waals surface area contributed by atoms with E-state index in [2.05, 4.69) is 35.1 Å². The van der Waals surface area contributed by atoms with Gasteiger partial charge in [-0.2, -0.15) is 0 Å². The Labute approximate surface area is 104 Å². The van der Waals surface area contributed by atoms with Crippen molar-refractivity contribution in [3.63, 3.8) is 0 Å². The lowest BCUT2D eigenvalue weighted by Gasteiger charge is -2.12. The van der Waals surface area contributed by atoms with E-state index in [-0.39, 0.29) is 0 Å². The van der Waals surface area contributed by atoms with Gasteiger partial charge in [0, 0.05) is 17.1 Å². The van der Waals surface area contributed by atoms with Crippen LogP contribution in [0.4, 0.5) is 0 Å². The van der Waals surface area contributed by atoms with Crippen LogP contribution in [0, 0.1) is 0 Å². The maximum absolute atomic E-state index is 10.7. The third-order valence-corrected chi connectivity index (χ3v) is 3.29. The topological polar surface area (TPSA) is 49.3 Å². The number of aromatic carboxylic acids is 1. The van der Waals surface area contributed by atoms with E-state index in [9.17, 15) is 4.79 Å². The van der Waals surface area contributed by atoms with Crippen molar-refractivity contribution < 1.29 is 9.90 Å². The summed E-state index contributed by atoms with van der Waals surface area (Å²) >= 11 is 3.38. The first kappa shape index (κ1) is 13.2. The van der Waals surface area contributed by atoms with E-state index < -0.39 is 5.97 Å². The SMILES string of the molecule is CCC(C)NCc1ccc(C(=O)O)cc1Br. The minimum atomic E-state index is -0.901. The van der Waals surface area contributed by atoms with Crippen LogP contribution in [-0.4, -0.2) is 17.1 Å². The normalized spacial score (nSPS) is 12.4. The molecule has 0 fully saturated rings. The van der Waals surface area contributed by atoms with Gasteiger partial charge in [-0.05, 0) is 31.0 Å². The number of carboxylic acid groups (broad SMARTS) is 1. The molecule has 0 radical (unpaired) electrons. The summed E-state index contributed by atoms with van der Waals surface area (Å²) in [6, 6.07) is 5.56. The predicted octanol–water partition coefficient (Wildman–Crippen LogP) is 3.04. The summed E-state index contributed by atoms with van der Waals surface area (Å²) in [5.41, 5.74) is 1.38. The molecule has 16 heavy (non-hydrogen) atoms. The van der Waals surface area contributed by atoms with Gasteiger partial charge >= 0.3 is 5.97 Å². The summed E-state index contributed by atoms with van der Waals surface area (Å²) in [6.45, 7) is 5.00. The van der Waals surface area contributed by atoms with E-state index in [0.717, 1.165) is 23.0 Å². The smallest absolute Gasteiger partial charge is 0.335 e. The number of halogens is 1. The van der Waals surface area contributed by atoms with Crippen LogP contribution in [0.15, 0.2) is 22.7 Å². The maximum Gasteiger partial charge on any atom is 0.335 e. The Morgan fingerprint density at radius 3 is 2.75 bits per heavy atom. The Bertz CT molecular complexity index is 379. The average Bonchev–Trinajstić information content (AvgIpc) is 2.26. The monoisotopic (exact) mass is 285 g/mol. The van der Waals surface area contributed by atoms with Crippen molar-refractivity contribution in [3.05, 3.63) is 33.8 Å². The molecule has 0 aromatic heterocycles. The molecular weight excluding hydrogens is 270 g/mol. The average molecular weight is 286 g/mol. The Kier molecular flexibility index (Phi) is 4.96. The molecule has 1 aromatic carbocycles. The Morgan fingerprint density at radius 2 is 2.25 bits per heavy atom. The van der Waals surface area contributed by atoms with Gasteiger partial charge < -0.3 is 10.4 Å². The number of carboxylic acids is 1. The summed E-state index contributed by atoms with van der Waals surface area (Å²) in [5, 5.41) is 12.2. The molecule has 0 aliphatic rings. The molecule has 0 bridgehead atoms. The molecule has 0 saturated heterocycles. The van der Waals surface area contributed by atoms with Crippen LogP contribution in [0.25, 0.3) is 0 Å². The number of hydrogen-bond acceptors (Lipinski definition) is 2. The fourth-order valence-electron chi connectivity index (χ4n) is 1.25. The molecule has 0 aliphatic carbocycles. The fraction of sp³-hybridized carbons (Fsp3) is 0.417. The van der Waals surface area contributed by atoms with Crippen LogP contribution in [0.3, 0.4) is 0 Å². The van der Waals surface area contributed by atoms with Gasteiger partial charge in [-0.3, -0.25) is 0 Å². The van der Waals surface area contributed by atoms with E-state index in [1.165, 1.54) is 0 Å². The molecule has 1 aromatic rings. The summed E-state index contributed by atoms with van der Waals surface area (Å²) < 4.78 is 0.836. The van der Waals surface area contributed by atoms with Crippen LogP contribution in [0.5, 0.6) is 0 Å². The van der Waals surface area contributed by atoms with Crippen molar-refractivity contribution in [1.29, 1.82) is 0 Å². The van der Waals surface area contributed by atoms with Gasteiger partial charge in [-0.1, -0.05) is 28.9 Å². The Morgan fingerprint density at radius 1 is 1.56 bits per heavy atom. The third-order valence-electron chi connectivity index (χ3n) is 2.55. The molecule has 4 heteroatoms. The van der Waals surface area contributed by atoms with Crippen molar-refractivity contribution in [2.24, 2.45) is 0 Å². The molecule has 1 rings (SSSR count). The van der Waals surface area contributed by atoms with Crippen molar-refractivity contribution in [2.75, 3.05) is 0 Å². The van der Waals surface area contributed by atoms with Crippen LogP contribution in [0.1, 0.15) is 36.2 Å². The first-order valence-corrected chi connectivity index (χ1v) is 6.09. The highest BCUT2D eigenvalue weighted by Crippen LogP contribution is 2.18. The lowest BCUT2D eigenvalue weighted by molar-refractivity contribution is 0.0697. The van der Waals surface area contributed by atoms with Crippen LogP contribution in [-0.2, 0) is 6.54 Å². The standard InChI is InChI=1S/C12H16BrNO2/c1-3-8(2)14-7-10-5-4-9(12(15)16)6-11(10)13/h4-6,8,14H,3,7H2,1-2H3,(H,15,16). The fourth-order valence-corrected chi connectivity index (χ4v) is 1.77. The second-order valence-corrected chi connectivity index (χ2v) is 4.66. The highest BCUT2D eigenvalue weighted by atomic mass is 79.9. The van der Waals surface area contributed by atoms with Gasteiger partial charge in [0.25, 0.3) is 0 Å². The third kappa shape index (κ3) is 3.61. The first-order valence-electron chi connectivity index (χ1n) is 5.29. The molecule has 0 aliphatic heterocycles. The van der Waals surface area contributed by atoms with Crippen LogP contribution in [0.2, 0.25) is 0 Å². The highest BCUT2D eigenvalue weighted by Gasteiger charge is 2.07. The van der Waals surface area contributed by atoms with E-state index in [0.29, 0.717) is 11.6 Å². The molecule has 1 unspecified atom stereocenters. The second-order valence-electron chi connectivity index (χ2n) is 3.80. The zero-order valence-corrected chi connectivity index (χ0v) is 11.0. The molecule has 0 amide bonds. The van der Waals surface area contributed by atoms with Gasteiger partial charge in [0.15, 0.2) is 0 Å². The maximum atomic E-state index is 10.7. The highest BCUT2D eigenvalue weighted by molar-refractivity contribution is 9.10. The Balaban J connectivity index is 2.72. The van der Waals surface area contributed by atoms with E-state index in [1.54, 1.807) is 12.1 Å². The quantitative estimate of drug-likeness (QED) is 0.874. The number of nitrogens with one attached hydrogen (secondary N) is 1. The first-order chi connectivity index (χ1) is 7.54. The van der Waals surface area contributed by atoms with E-state index in [4.69, 9.17) is 5.11 Å². The van der Waals surface area contributed by atoms with Gasteiger partial charge in [0.2, 0.25) is 0 Å². The predicted molar refractivity (Wildman–Crippen MR) is 67.7 cm³/mol. The summed E-state index contributed by atoms with van der Waals surface area (Å²) in [5.74, 6) is -0.901. The zero-order valence-electron chi connectivity index (χ0n) is 9.46. The van der Waals surface area contributed by atoms with Gasteiger partial charge in [-0.25, -0.2) is 4.79 Å². The van der Waals surface area contributed by atoms with E-state index >= 15 is 0 Å². The number of carbonyl (C=O) groups is 1. The van der Waals surface area contributed by atoms with E-state index in [1.807, 2.05) is 6.07 Å². The molecule has 3 nitrogen and oxygen atoms in total. The minimum Gasteiger partial charge on any atom is -0.478 e. The minimum absolute atomic E-state index is 0.305. The summed E-state index contributed by atoms with van der Waals surface area (Å²) in [7, 11) is 0. The van der Waals surface area contributed by atoms with Crippen molar-refractivity contribution in [3.8, 4) is 0 Å². The molecular formula is C12H16BrNO2. The summed E-state index contributed by atoms with van der Waals surface area (Å²) in [6.07, 6.45) is 1.07. The molecule has 0 heterocycles. The lowest BCUT2D eigenvalue weighted by Crippen LogP contribution is -2.24. The number of benzene rings is 1. The van der Waals surface area contributed by atoms with Crippen molar-refractivity contribution in [2.45, 2.75) is 32.9 Å². The molecule has 88 valence electrons. The van der Waals surface area contributed by atoms with Gasteiger partial charge in [0.1, 0.15) is 0 Å². The van der Waals surface area contributed by atoms with Crippen LogP contribution >= 0.6 is 15.9 Å². The molecule has 1 atom stereocenters. The molecule has 2 N–H and O–H groups in total. The van der Waals surface area contributed by atoms with Crippen molar-refractivity contribution in [1.82, 2.24) is 5.32 Å². The zero-order chi connectivity index (χ0) is 12.1. The Hall–Kier alpha value is -0.870. The second kappa shape index (κ2) is 6.01. The number of hydrogen-bond donors (Lipinski definition) is 2. The molecule has 0 saturated carbocycles.